The highest BCUT2D eigenvalue weighted by molar-refractivity contribution is 6.07. The van der Waals surface area contributed by atoms with Crippen molar-refractivity contribution in [3.05, 3.63) is 69.9 Å². The number of carbonyl (C=O) groups excluding carboxylic acids is 1. The van der Waals surface area contributed by atoms with Crippen molar-refractivity contribution in [3.63, 3.8) is 0 Å². The van der Waals surface area contributed by atoms with Crippen LogP contribution in [0.1, 0.15) is 22.3 Å². The third-order valence-corrected chi connectivity index (χ3v) is 4.34. The SMILES string of the molecule is COCCCNc1ccc([N+](=O)[O-])cc1C(=O)n1cc(C#N)c2ccccc21. The number of nitriles is 1. The molecule has 0 fully saturated rings. The average molecular weight is 378 g/mol. The molecule has 0 aliphatic carbocycles. The van der Waals surface area contributed by atoms with Crippen molar-refractivity contribution in [1.29, 1.82) is 5.26 Å². The van der Waals surface area contributed by atoms with Gasteiger partial charge in [0.2, 0.25) is 0 Å². The molecule has 142 valence electrons. The van der Waals surface area contributed by atoms with E-state index in [1.54, 1.807) is 31.4 Å². The van der Waals surface area contributed by atoms with Crippen LogP contribution < -0.4 is 5.32 Å². The Morgan fingerprint density at radius 2 is 2.11 bits per heavy atom. The fraction of sp³-hybridized carbons (Fsp3) is 0.200. The van der Waals surface area contributed by atoms with Crippen molar-refractivity contribution in [1.82, 2.24) is 4.57 Å². The number of aromatic nitrogens is 1. The molecule has 1 N–H and O–H groups in total. The largest absolute Gasteiger partial charge is 0.385 e. The van der Waals surface area contributed by atoms with Crippen molar-refractivity contribution in [2.75, 3.05) is 25.6 Å². The molecule has 0 unspecified atom stereocenters. The number of nitro benzene ring substituents is 1. The van der Waals surface area contributed by atoms with E-state index in [1.165, 1.54) is 29.0 Å². The first-order valence-electron chi connectivity index (χ1n) is 8.63. The molecule has 3 rings (SSSR count). The van der Waals surface area contributed by atoms with Crippen LogP contribution in [-0.2, 0) is 4.74 Å². The summed E-state index contributed by atoms with van der Waals surface area (Å²) in [6.45, 7) is 1.10. The van der Waals surface area contributed by atoms with Gasteiger partial charge < -0.3 is 10.1 Å². The number of anilines is 1. The standard InChI is InChI=1S/C20H18N4O4/c1-28-10-4-9-22-18-8-7-15(24(26)27)11-17(18)20(25)23-13-14(12-21)16-5-2-3-6-19(16)23/h2-3,5-8,11,13,22H,4,9-10H2,1H3. The van der Waals surface area contributed by atoms with Crippen molar-refractivity contribution in [3.8, 4) is 6.07 Å². The molecular weight excluding hydrogens is 360 g/mol. The number of nitro groups is 1. The lowest BCUT2D eigenvalue weighted by Crippen LogP contribution is -2.15. The molecule has 0 bridgehead atoms. The van der Waals surface area contributed by atoms with Gasteiger partial charge in [-0.15, -0.1) is 0 Å². The number of hydrogen-bond donors (Lipinski definition) is 1. The van der Waals surface area contributed by atoms with Crippen LogP contribution in [-0.4, -0.2) is 35.7 Å². The quantitative estimate of drug-likeness (QED) is 0.382. The molecule has 2 aromatic carbocycles. The molecule has 0 saturated carbocycles. The van der Waals surface area contributed by atoms with Gasteiger partial charge in [-0.3, -0.25) is 19.5 Å². The second kappa shape index (κ2) is 8.33. The van der Waals surface area contributed by atoms with Crippen LogP contribution in [0.2, 0.25) is 0 Å². The van der Waals surface area contributed by atoms with E-state index >= 15 is 0 Å². The van der Waals surface area contributed by atoms with Crippen LogP contribution in [0.15, 0.2) is 48.7 Å². The fourth-order valence-corrected chi connectivity index (χ4v) is 2.98. The zero-order valence-electron chi connectivity index (χ0n) is 15.2. The number of nitrogens with zero attached hydrogens (tertiary/aromatic N) is 3. The van der Waals surface area contributed by atoms with Crippen LogP contribution >= 0.6 is 0 Å². The van der Waals surface area contributed by atoms with Gasteiger partial charge in [-0.1, -0.05) is 18.2 Å². The molecule has 0 atom stereocenters. The third-order valence-electron chi connectivity index (χ3n) is 4.34. The van der Waals surface area contributed by atoms with E-state index in [1.807, 2.05) is 0 Å². The van der Waals surface area contributed by atoms with Crippen LogP contribution in [0.25, 0.3) is 10.9 Å². The monoisotopic (exact) mass is 378 g/mol. The summed E-state index contributed by atoms with van der Waals surface area (Å²) >= 11 is 0. The molecule has 3 aromatic rings. The van der Waals surface area contributed by atoms with E-state index < -0.39 is 10.8 Å². The minimum Gasteiger partial charge on any atom is -0.385 e. The van der Waals surface area contributed by atoms with Gasteiger partial charge in [0.1, 0.15) is 6.07 Å². The maximum absolute atomic E-state index is 13.2. The Morgan fingerprint density at radius 3 is 2.82 bits per heavy atom. The number of non-ortho nitro benzene ring substituents is 1. The van der Waals surface area contributed by atoms with Crippen LogP contribution in [0.4, 0.5) is 11.4 Å². The van der Waals surface area contributed by atoms with Crippen molar-refractivity contribution >= 4 is 28.2 Å². The summed E-state index contributed by atoms with van der Waals surface area (Å²) in [7, 11) is 1.60. The van der Waals surface area contributed by atoms with E-state index in [2.05, 4.69) is 11.4 Å². The molecule has 1 heterocycles. The maximum atomic E-state index is 13.2. The molecule has 0 amide bonds. The smallest absolute Gasteiger partial charge is 0.270 e. The first-order valence-corrected chi connectivity index (χ1v) is 8.63. The summed E-state index contributed by atoms with van der Waals surface area (Å²) in [6, 6.07) is 13.3. The van der Waals surface area contributed by atoms with Gasteiger partial charge in [0.15, 0.2) is 0 Å². The number of benzene rings is 2. The summed E-state index contributed by atoms with van der Waals surface area (Å²) in [5.74, 6) is -0.448. The lowest BCUT2D eigenvalue weighted by atomic mass is 10.1. The Hall–Kier alpha value is -3.70. The zero-order valence-corrected chi connectivity index (χ0v) is 15.2. The molecule has 8 heteroatoms. The second-order valence-electron chi connectivity index (χ2n) is 6.11. The minimum atomic E-state index is -0.542. The Bertz CT molecular complexity index is 1080. The normalized spacial score (nSPS) is 10.6. The summed E-state index contributed by atoms with van der Waals surface area (Å²) < 4.78 is 6.36. The molecule has 28 heavy (non-hydrogen) atoms. The van der Waals surface area contributed by atoms with Crippen molar-refractivity contribution in [2.24, 2.45) is 0 Å². The lowest BCUT2D eigenvalue weighted by Gasteiger charge is -2.12. The summed E-state index contributed by atoms with van der Waals surface area (Å²) in [5, 5.41) is 24.3. The lowest BCUT2D eigenvalue weighted by molar-refractivity contribution is -0.384. The summed E-state index contributed by atoms with van der Waals surface area (Å²) in [5.41, 5.74) is 1.41. The number of fused-ring (bicyclic) bond motifs is 1. The number of nitrogens with one attached hydrogen (secondary N) is 1. The summed E-state index contributed by atoms with van der Waals surface area (Å²) in [4.78, 5) is 23.9. The van der Waals surface area contributed by atoms with E-state index in [9.17, 15) is 20.2 Å². The van der Waals surface area contributed by atoms with Gasteiger partial charge in [-0.2, -0.15) is 5.26 Å². The molecule has 8 nitrogen and oxygen atoms in total. The Labute approximate surface area is 161 Å². The van der Waals surface area contributed by atoms with Gasteiger partial charge in [0.25, 0.3) is 11.6 Å². The molecule has 0 spiro atoms. The Balaban J connectivity index is 2.06. The van der Waals surface area contributed by atoms with Gasteiger partial charge in [-0.05, 0) is 18.6 Å². The maximum Gasteiger partial charge on any atom is 0.270 e. The number of rotatable bonds is 7. The second-order valence-corrected chi connectivity index (χ2v) is 6.11. The van der Waals surface area contributed by atoms with Gasteiger partial charge in [0, 0.05) is 49.7 Å². The molecule has 0 aliphatic heterocycles. The number of methoxy groups -OCH3 is 1. The van der Waals surface area contributed by atoms with Crippen LogP contribution in [0.5, 0.6) is 0 Å². The Morgan fingerprint density at radius 1 is 1.32 bits per heavy atom. The van der Waals surface area contributed by atoms with Crippen molar-refractivity contribution in [2.45, 2.75) is 6.42 Å². The highest BCUT2D eigenvalue weighted by Crippen LogP contribution is 2.27. The first kappa shape index (κ1) is 19.1. The number of hydrogen-bond acceptors (Lipinski definition) is 6. The highest BCUT2D eigenvalue weighted by Gasteiger charge is 2.21. The Kier molecular flexibility index (Phi) is 5.67. The van der Waals surface area contributed by atoms with Crippen LogP contribution in [0, 0.1) is 21.4 Å². The number of ether oxygens (including phenoxy) is 1. The first-order chi connectivity index (χ1) is 13.6. The highest BCUT2D eigenvalue weighted by atomic mass is 16.6. The van der Waals surface area contributed by atoms with E-state index in [0.29, 0.717) is 41.7 Å². The predicted molar refractivity (Wildman–Crippen MR) is 104 cm³/mol. The van der Waals surface area contributed by atoms with Gasteiger partial charge >= 0.3 is 0 Å². The third kappa shape index (κ3) is 3.70. The molecule has 0 radical (unpaired) electrons. The molecular formula is C20H18N4O4. The molecule has 0 aliphatic rings. The van der Waals surface area contributed by atoms with Crippen molar-refractivity contribution < 1.29 is 14.5 Å². The molecule has 0 saturated heterocycles. The summed E-state index contributed by atoms with van der Waals surface area (Å²) in [6.07, 6.45) is 2.17. The zero-order chi connectivity index (χ0) is 20.1. The van der Waals surface area contributed by atoms with E-state index in [0.717, 1.165) is 0 Å². The van der Waals surface area contributed by atoms with E-state index in [4.69, 9.17) is 4.74 Å². The predicted octanol–water partition coefficient (Wildman–Crippen LogP) is 3.56. The fourth-order valence-electron chi connectivity index (χ4n) is 2.98. The van der Waals surface area contributed by atoms with Crippen LogP contribution in [0.3, 0.4) is 0 Å². The number of para-hydroxylation sites is 1. The van der Waals surface area contributed by atoms with E-state index in [-0.39, 0.29) is 11.3 Å². The van der Waals surface area contributed by atoms with Gasteiger partial charge in [0.05, 0.1) is 21.6 Å². The molecule has 1 aromatic heterocycles. The minimum absolute atomic E-state index is 0.164. The number of carbonyl (C=O) groups is 1. The average Bonchev–Trinajstić information content (AvgIpc) is 3.09. The topological polar surface area (TPSA) is 110 Å². The van der Waals surface area contributed by atoms with Gasteiger partial charge in [-0.25, -0.2) is 0 Å².